The molecule has 0 aliphatic heterocycles. The van der Waals surface area contributed by atoms with E-state index >= 15 is 0 Å². The molecule has 0 aliphatic rings. The van der Waals surface area contributed by atoms with Gasteiger partial charge in [0, 0.05) is 17.1 Å². The van der Waals surface area contributed by atoms with Gasteiger partial charge in [0.25, 0.3) is 0 Å². The summed E-state index contributed by atoms with van der Waals surface area (Å²) in [6, 6.07) is 6.51. The summed E-state index contributed by atoms with van der Waals surface area (Å²) in [5.74, 6) is -3.05. The molecule has 0 saturated heterocycles. The number of carbonyl (C=O) groups excluding carboxylic acids is 1. The second-order valence-electron chi connectivity index (χ2n) is 4.50. The summed E-state index contributed by atoms with van der Waals surface area (Å²) in [4.78, 5) is 14.1. The summed E-state index contributed by atoms with van der Waals surface area (Å²) in [7, 11) is 0. The first kappa shape index (κ1) is 15.3. The first-order valence-electron chi connectivity index (χ1n) is 6.27. The van der Waals surface area contributed by atoms with Crippen LogP contribution in [0.3, 0.4) is 0 Å². The topological polar surface area (TPSA) is 42.1 Å². The molecule has 1 aromatic heterocycles. The minimum Gasteiger partial charge on any atom is -0.463 e. The molecule has 1 heterocycles. The Balaban J connectivity index is 2.30. The Hall–Kier alpha value is -2.05. The maximum absolute atomic E-state index is 13.2. The quantitative estimate of drug-likeness (QED) is 0.675. The van der Waals surface area contributed by atoms with Crippen LogP contribution in [0.2, 0.25) is 0 Å². The van der Waals surface area contributed by atoms with E-state index in [0.717, 1.165) is 0 Å². The highest BCUT2D eigenvalue weighted by atomic mass is 19.4. The van der Waals surface area contributed by atoms with Gasteiger partial charge in [-0.3, -0.25) is 4.79 Å². The van der Waals surface area contributed by atoms with Crippen LogP contribution in [-0.2, 0) is 9.53 Å². The first-order chi connectivity index (χ1) is 9.93. The minimum atomic E-state index is -4.60. The zero-order valence-electron chi connectivity index (χ0n) is 10.9. The molecule has 1 atom stereocenters. The van der Waals surface area contributed by atoms with Crippen molar-refractivity contribution in [2.75, 3.05) is 13.3 Å². The van der Waals surface area contributed by atoms with Crippen LogP contribution in [0, 0.1) is 0 Å². The largest absolute Gasteiger partial charge is 0.463 e. The van der Waals surface area contributed by atoms with E-state index in [1.54, 1.807) is 24.3 Å². The van der Waals surface area contributed by atoms with Crippen LogP contribution >= 0.6 is 0 Å². The van der Waals surface area contributed by atoms with Crippen molar-refractivity contribution in [2.45, 2.75) is 18.5 Å². The third-order valence-electron chi connectivity index (χ3n) is 3.10. The van der Waals surface area contributed by atoms with E-state index in [2.05, 4.69) is 9.72 Å². The monoisotopic (exact) mass is 303 g/mol. The van der Waals surface area contributed by atoms with Gasteiger partial charge in [0.05, 0.1) is 12.3 Å². The van der Waals surface area contributed by atoms with E-state index < -0.39 is 37.8 Å². The summed E-state index contributed by atoms with van der Waals surface area (Å²) in [5, 5.41) is 0.401. The zero-order valence-corrected chi connectivity index (χ0v) is 10.9. The SMILES string of the molecule is O=C(CC(c1c[nH]c2ccccc12)C(F)(F)F)OCCF. The predicted molar refractivity (Wildman–Crippen MR) is 68.6 cm³/mol. The lowest BCUT2D eigenvalue weighted by Gasteiger charge is -2.19. The number of benzene rings is 1. The van der Waals surface area contributed by atoms with Crippen molar-refractivity contribution in [1.82, 2.24) is 4.98 Å². The van der Waals surface area contributed by atoms with E-state index in [1.165, 1.54) is 6.20 Å². The molecule has 0 spiro atoms. The number of carbonyl (C=O) groups is 1. The van der Waals surface area contributed by atoms with Crippen molar-refractivity contribution >= 4 is 16.9 Å². The van der Waals surface area contributed by atoms with Gasteiger partial charge < -0.3 is 9.72 Å². The number of hydrogen-bond acceptors (Lipinski definition) is 2. The number of nitrogens with one attached hydrogen (secondary N) is 1. The summed E-state index contributed by atoms with van der Waals surface area (Å²) >= 11 is 0. The number of aromatic amines is 1. The smallest absolute Gasteiger partial charge is 0.396 e. The number of aromatic nitrogens is 1. The molecule has 1 aromatic carbocycles. The number of ether oxygens (including phenoxy) is 1. The number of esters is 1. The molecule has 0 saturated carbocycles. The highest BCUT2D eigenvalue weighted by molar-refractivity contribution is 5.84. The molecule has 114 valence electrons. The number of alkyl halides is 4. The Morgan fingerprint density at radius 3 is 2.67 bits per heavy atom. The molecule has 0 bridgehead atoms. The number of halogens is 4. The van der Waals surface area contributed by atoms with Crippen molar-refractivity contribution < 1.29 is 27.1 Å². The number of hydrogen-bond donors (Lipinski definition) is 1. The molecule has 0 fully saturated rings. The third kappa shape index (κ3) is 3.53. The van der Waals surface area contributed by atoms with Crippen LogP contribution in [0.5, 0.6) is 0 Å². The molecule has 2 rings (SSSR count). The summed E-state index contributed by atoms with van der Waals surface area (Å²) in [6.07, 6.45) is -4.23. The molecule has 0 amide bonds. The average Bonchev–Trinajstić information content (AvgIpc) is 2.85. The van der Waals surface area contributed by atoms with E-state index in [4.69, 9.17) is 0 Å². The Kier molecular flexibility index (Phi) is 4.50. The van der Waals surface area contributed by atoms with Gasteiger partial charge >= 0.3 is 12.1 Å². The maximum atomic E-state index is 13.2. The molecular weight excluding hydrogens is 290 g/mol. The van der Waals surface area contributed by atoms with Crippen molar-refractivity contribution in [1.29, 1.82) is 0 Å². The molecule has 7 heteroatoms. The van der Waals surface area contributed by atoms with Crippen molar-refractivity contribution in [3.63, 3.8) is 0 Å². The minimum absolute atomic E-state index is 0.0182. The lowest BCUT2D eigenvalue weighted by atomic mass is 9.94. The maximum Gasteiger partial charge on any atom is 0.396 e. The van der Waals surface area contributed by atoms with Gasteiger partial charge in [-0.25, -0.2) is 4.39 Å². The Bertz CT molecular complexity index is 621. The first-order valence-corrected chi connectivity index (χ1v) is 6.27. The van der Waals surface area contributed by atoms with Crippen LogP contribution in [0.1, 0.15) is 17.9 Å². The number of fused-ring (bicyclic) bond motifs is 1. The zero-order chi connectivity index (χ0) is 15.5. The lowest BCUT2D eigenvalue weighted by Crippen LogP contribution is -2.24. The van der Waals surface area contributed by atoms with Crippen molar-refractivity contribution in [3.8, 4) is 0 Å². The second kappa shape index (κ2) is 6.15. The summed E-state index contributed by atoms with van der Waals surface area (Å²) < 4.78 is 55.9. The van der Waals surface area contributed by atoms with E-state index in [9.17, 15) is 22.4 Å². The van der Waals surface area contributed by atoms with Gasteiger partial charge in [-0.2, -0.15) is 13.2 Å². The van der Waals surface area contributed by atoms with Crippen molar-refractivity contribution in [3.05, 3.63) is 36.0 Å². The van der Waals surface area contributed by atoms with E-state index in [0.29, 0.717) is 10.9 Å². The normalized spacial score (nSPS) is 13.3. The molecule has 0 radical (unpaired) electrons. The van der Waals surface area contributed by atoms with E-state index in [-0.39, 0.29) is 5.56 Å². The summed E-state index contributed by atoms with van der Waals surface area (Å²) in [6.45, 7) is -1.45. The van der Waals surface area contributed by atoms with Gasteiger partial charge in [-0.1, -0.05) is 18.2 Å². The summed E-state index contributed by atoms with van der Waals surface area (Å²) in [5.41, 5.74) is 0.536. The molecular formula is C14H13F4NO2. The molecule has 1 N–H and O–H groups in total. The highest BCUT2D eigenvalue weighted by Crippen LogP contribution is 2.40. The number of rotatable bonds is 5. The number of para-hydroxylation sites is 1. The highest BCUT2D eigenvalue weighted by Gasteiger charge is 2.43. The van der Waals surface area contributed by atoms with Crippen LogP contribution in [0.25, 0.3) is 10.9 Å². The van der Waals surface area contributed by atoms with Crippen LogP contribution < -0.4 is 0 Å². The molecule has 3 nitrogen and oxygen atoms in total. The van der Waals surface area contributed by atoms with E-state index in [1.807, 2.05) is 0 Å². The Morgan fingerprint density at radius 2 is 2.00 bits per heavy atom. The van der Waals surface area contributed by atoms with Gasteiger partial charge in [0.1, 0.15) is 13.3 Å². The fraction of sp³-hybridized carbons (Fsp3) is 0.357. The molecule has 0 aliphatic carbocycles. The average molecular weight is 303 g/mol. The van der Waals surface area contributed by atoms with Crippen LogP contribution in [-0.4, -0.2) is 30.4 Å². The van der Waals surface area contributed by atoms with Gasteiger partial charge in [-0.05, 0) is 11.6 Å². The Labute approximate surface area is 117 Å². The van der Waals surface area contributed by atoms with Gasteiger partial charge in [0.15, 0.2) is 0 Å². The van der Waals surface area contributed by atoms with Crippen molar-refractivity contribution in [2.24, 2.45) is 0 Å². The van der Waals surface area contributed by atoms with Crippen LogP contribution in [0.15, 0.2) is 30.5 Å². The predicted octanol–water partition coefficient (Wildman–Crippen LogP) is 3.72. The lowest BCUT2D eigenvalue weighted by molar-refractivity contribution is -0.166. The molecule has 21 heavy (non-hydrogen) atoms. The van der Waals surface area contributed by atoms with Crippen LogP contribution in [0.4, 0.5) is 17.6 Å². The molecule has 2 aromatic rings. The Morgan fingerprint density at radius 1 is 1.29 bits per heavy atom. The van der Waals surface area contributed by atoms with Gasteiger partial charge in [-0.15, -0.1) is 0 Å². The standard InChI is InChI=1S/C14H13F4NO2/c15-5-6-21-13(20)7-11(14(16,17)18)10-8-19-12-4-2-1-3-9(10)12/h1-4,8,11,19H,5-7H2. The third-order valence-corrected chi connectivity index (χ3v) is 3.10. The van der Waals surface area contributed by atoms with Gasteiger partial charge in [0.2, 0.25) is 0 Å². The fourth-order valence-electron chi connectivity index (χ4n) is 2.16. The number of H-pyrrole nitrogens is 1. The fourth-order valence-corrected chi connectivity index (χ4v) is 2.16. The molecule has 1 unspecified atom stereocenters. The second-order valence-corrected chi connectivity index (χ2v) is 4.50.